The van der Waals surface area contributed by atoms with Crippen molar-refractivity contribution in [2.75, 3.05) is 44.8 Å². The first-order valence-electron chi connectivity index (χ1n) is 9.67. The zero-order valence-corrected chi connectivity index (χ0v) is 16.7. The molecule has 1 aliphatic rings. The van der Waals surface area contributed by atoms with Crippen LogP contribution in [0.15, 0.2) is 42.5 Å². The lowest BCUT2D eigenvalue weighted by Gasteiger charge is -2.26. The van der Waals surface area contributed by atoms with Gasteiger partial charge in [-0.3, -0.25) is 9.59 Å². The standard InChI is InChI=1S/C22H23N3O5/c1-2-29-20-13-17(22(27)24-18-5-3-4-16(12-18)14-23)6-7-19(20)30-15-21(26)25-8-10-28-11-9-25/h3-7,12-13H,2,8-11,15H2,1H3,(H,24,27). The van der Waals surface area contributed by atoms with E-state index in [0.717, 1.165) is 0 Å². The number of nitriles is 1. The molecule has 1 heterocycles. The maximum Gasteiger partial charge on any atom is 0.260 e. The first kappa shape index (κ1) is 21.1. The molecule has 0 aliphatic carbocycles. The van der Waals surface area contributed by atoms with Crippen LogP contribution in [-0.2, 0) is 9.53 Å². The Balaban J connectivity index is 1.68. The molecule has 1 N–H and O–H groups in total. The van der Waals surface area contributed by atoms with Crippen molar-refractivity contribution in [2.24, 2.45) is 0 Å². The highest BCUT2D eigenvalue weighted by Crippen LogP contribution is 2.29. The van der Waals surface area contributed by atoms with Crippen LogP contribution in [0.5, 0.6) is 11.5 Å². The molecule has 8 heteroatoms. The molecule has 156 valence electrons. The van der Waals surface area contributed by atoms with E-state index in [1.807, 2.05) is 13.0 Å². The third-order valence-electron chi connectivity index (χ3n) is 4.47. The quantitative estimate of drug-likeness (QED) is 0.754. The van der Waals surface area contributed by atoms with Gasteiger partial charge < -0.3 is 24.4 Å². The lowest BCUT2D eigenvalue weighted by molar-refractivity contribution is -0.137. The highest BCUT2D eigenvalue weighted by molar-refractivity contribution is 6.04. The van der Waals surface area contributed by atoms with Crippen LogP contribution in [-0.4, -0.2) is 56.2 Å². The Hall–Kier alpha value is -3.57. The molecule has 1 fully saturated rings. The number of nitrogens with one attached hydrogen (secondary N) is 1. The van der Waals surface area contributed by atoms with Crippen molar-refractivity contribution >= 4 is 17.5 Å². The van der Waals surface area contributed by atoms with Crippen molar-refractivity contribution in [3.63, 3.8) is 0 Å². The first-order chi connectivity index (χ1) is 14.6. The summed E-state index contributed by atoms with van der Waals surface area (Å²) in [5.41, 5.74) is 1.34. The molecule has 3 rings (SSSR count). The van der Waals surface area contributed by atoms with Crippen LogP contribution in [0.2, 0.25) is 0 Å². The van der Waals surface area contributed by atoms with E-state index >= 15 is 0 Å². The van der Waals surface area contributed by atoms with Crippen LogP contribution in [0.1, 0.15) is 22.8 Å². The van der Waals surface area contributed by atoms with Crippen LogP contribution in [0.3, 0.4) is 0 Å². The number of ether oxygens (including phenoxy) is 3. The number of benzene rings is 2. The van der Waals surface area contributed by atoms with Gasteiger partial charge in [-0.15, -0.1) is 0 Å². The van der Waals surface area contributed by atoms with Gasteiger partial charge in [-0.1, -0.05) is 6.07 Å². The number of hydrogen-bond donors (Lipinski definition) is 1. The smallest absolute Gasteiger partial charge is 0.260 e. The van der Waals surface area contributed by atoms with Gasteiger partial charge in [-0.05, 0) is 43.3 Å². The lowest BCUT2D eigenvalue weighted by atomic mass is 10.1. The molecule has 0 saturated carbocycles. The predicted molar refractivity (Wildman–Crippen MR) is 110 cm³/mol. The molecule has 8 nitrogen and oxygen atoms in total. The zero-order chi connectivity index (χ0) is 21.3. The molecule has 0 atom stereocenters. The van der Waals surface area contributed by atoms with E-state index in [4.69, 9.17) is 19.5 Å². The highest BCUT2D eigenvalue weighted by atomic mass is 16.5. The van der Waals surface area contributed by atoms with E-state index in [0.29, 0.717) is 61.2 Å². The summed E-state index contributed by atoms with van der Waals surface area (Å²) < 4.78 is 16.5. The Kier molecular flexibility index (Phi) is 7.24. The fourth-order valence-corrected chi connectivity index (χ4v) is 2.95. The number of nitrogens with zero attached hydrogens (tertiary/aromatic N) is 2. The van der Waals surface area contributed by atoms with Crippen molar-refractivity contribution in [2.45, 2.75) is 6.92 Å². The van der Waals surface area contributed by atoms with Gasteiger partial charge in [-0.25, -0.2) is 0 Å². The molecule has 2 amide bonds. The van der Waals surface area contributed by atoms with Crippen LogP contribution in [0.4, 0.5) is 5.69 Å². The first-order valence-corrected chi connectivity index (χ1v) is 9.67. The fraction of sp³-hybridized carbons (Fsp3) is 0.318. The molecule has 2 aromatic carbocycles. The van der Waals surface area contributed by atoms with Crippen LogP contribution >= 0.6 is 0 Å². The normalized spacial score (nSPS) is 13.3. The van der Waals surface area contributed by atoms with E-state index < -0.39 is 0 Å². The van der Waals surface area contributed by atoms with Gasteiger partial charge >= 0.3 is 0 Å². The van der Waals surface area contributed by atoms with Gasteiger partial charge in [0.2, 0.25) is 0 Å². The SMILES string of the molecule is CCOc1cc(C(=O)Nc2cccc(C#N)c2)ccc1OCC(=O)N1CCOCC1. The molecule has 0 radical (unpaired) electrons. The number of rotatable bonds is 7. The topological polar surface area (TPSA) is 101 Å². The van der Waals surface area contributed by atoms with Crippen molar-refractivity contribution in [3.05, 3.63) is 53.6 Å². The number of anilines is 1. The Bertz CT molecular complexity index is 948. The van der Waals surface area contributed by atoms with Gasteiger partial charge in [0.1, 0.15) is 0 Å². The van der Waals surface area contributed by atoms with Gasteiger partial charge in [0.15, 0.2) is 18.1 Å². The third-order valence-corrected chi connectivity index (χ3v) is 4.47. The van der Waals surface area contributed by atoms with Crippen molar-refractivity contribution in [3.8, 4) is 17.6 Å². The van der Waals surface area contributed by atoms with Gasteiger partial charge in [-0.2, -0.15) is 5.26 Å². The Labute approximate surface area is 174 Å². The maximum atomic E-state index is 12.6. The number of morpholine rings is 1. The van der Waals surface area contributed by atoms with Crippen LogP contribution in [0, 0.1) is 11.3 Å². The summed E-state index contributed by atoms with van der Waals surface area (Å²) in [7, 11) is 0. The highest BCUT2D eigenvalue weighted by Gasteiger charge is 2.19. The molecule has 0 unspecified atom stereocenters. The second-order valence-electron chi connectivity index (χ2n) is 6.52. The zero-order valence-electron chi connectivity index (χ0n) is 16.7. The minimum Gasteiger partial charge on any atom is -0.490 e. The van der Waals surface area contributed by atoms with Gasteiger partial charge in [0.25, 0.3) is 11.8 Å². The van der Waals surface area contributed by atoms with E-state index in [-0.39, 0.29) is 18.4 Å². The molecule has 0 spiro atoms. The van der Waals surface area contributed by atoms with Crippen LogP contribution < -0.4 is 14.8 Å². The van der Waals surface area contributed by atoms with Crippen molar-refractivity contribution in [1.29, 1.82) is 5.26 Å². The summed E-state index contributed by atoms with van der Waals surface area (Å²) >= 11 is 0. The Morgan fingerprint density at radius 1 is 1.13 bits per heavy atom. The molecular formula is C22H23N3O5. The number of hydrogen-bond acceptors (Lipinski definition) is 6. The average molecular weight is 409 g/mol. The largest absolute Gasteiger partial charge is 0.490 e. The summed E-state index contributed by atoms with van der Waals surface area (Å²) in [6.07, 6.45) is 0. The molecule has 0 aromatic heterocycles. The molecule has 0 bridgehead atoms. The predicted octanol–water partition coefficient (Wildman–Crippen LogP) is 2.45. The second kappa shape index (κ2) is 10.3. The number of carbonyl (C=O) groups is 2. The summed E-state index contributed by atoms with van der Waals surface area (Å²) in [6, 6.07) is 13.5. The minimum absolute atomic E-state index is 0.118. The van der Waals surface area contributed by atoms with E-state index in [1.54, 1.807) is 47.4 Å². The maximum absolute atomic E-state index is 12.6. The fourth-order valence-electron chi connectivity index (χ4n) is 2.95. The van der Waals surface area contributed by atoms with Crippen molar-refractivity contribution < 1.29 is 23.8 Å². The van der Waals surface area contributed by atoms with Gasteiger partial charge in [0, 0.05) is 24.3 Å². The Morgan fingerprint density at radius 3 is 2.67 bits per heavy atom. The second-order valence-corrected chi connectivity index (χ2v) is 6.52. The number of amides is 2. The van der Waals surface area contributed by atoms with E-state index in [2.05, 4.69) is 5.32 Å². The van der Waals surface area contributed by atoms with Gasteiger partial charge in [0.05, 0.1) is 31.5 Å². The summed E-state index contributed by atoms with van der Waals surface area (Å²) in [5, 5.41) is 11.7. The number of carbonyl (C=O) groups excluding carboxylic acids is 2. The van der Waals surface area contributed by atoms with E-state index in [1.165, 1.54) is 0 Å². The average Bonchev–Trinajstić information content (AvgIpc) is 2.78. The summed E-state index contributed by atoms with van der Waals surface area (Å²) in [5.74, 6) is 0.300. The molecule has 2 aromatic rings. The molecule has 30 heavy (non-hydrogen) atoms. The minimum atomic E-state index is -0.345. The third kappa shape index (κ3) is 5.49. The molecular weight excluding hydrogens is 386 g/mol. The monoisotopic (exact) mass is 409 g/mol. The lowest BCUT2D eigenvalue weighted by Crippen LogP contribution is -2.43. The Morgan fingerprint density at radius 2 is 1.93 bits per heavy atom. The molecule has 1 saturated heterocycles. The van der Waals surface area contributed by atoms with E-state index in [9.17, 15) is 9.59 Å². The summed E-state index contributed by atoms with van der Waals surface area (Å²) in [4.78, 5) is 26.6. The van der Waals surface area contributed by atoms with Crippen molar-refractivity contribution in [1.82, 2.24) is 4.90 Å². The van der Waals surface area contributed by atoms with Crippen LogP contribution in [0.25, 0.3) is 0 Å². The summed E-state index contributed by atoms with van der Waals surface area (Å²) in [6.45, 7) is 4.23. The molecule has 1 aliphatic heterocycles.